The number of alkyl halides is 3. The Bertz CT molecular complexity index is 759. The number of rotatable bonds is 6. The van der Waals surface area contributed by atoms with E-state index in [4.69, 9.17) is 11.6 Å². The summed E-state index contributed by atoms with van der Waals surface area (Å²) in [6, 6.07) is 8.56. The van der Waals surface area contributed by atoms with E-state index in [0.29, 0.717) is 17.4 Å². The number of nitrogens with zero attached hydrogens (tertiary/aromatic N) is 2. The first-order chi connectivity index (χ1) is 12.3. The number of pyridine rings is 1. The Morgan fingerprint density at radius 1 is 1.19 bits per heavy atom. The Kier molecular flexibility index (Phi) is 5.48. The maximum atomic E-state index is 12.6. The van der Waals surface area contributed by atoms with E-state index in [1.54, 1.807) is 12.1 Å². The van der Waals surface area contributed by atoms with Crippen LogP contribution in [-0.2, 0) is 17.5 Å². The minimum absolute atomic E-state index is 0.149. The second-order valence-corrected chi connectivity index (χ2v) is 6.68. The first-order valence-corrected chi connectivity index (χ1v) is 8.50. The zero-order valence-corrected chi connectivity index (χ0v) is 14.5. The van der Waals surface area contributed by atoms with E-state index in [1.165, 1.54) is 18.3 Å². The number of anilines is 1. The minimum Gasteiger partial charge on any atom is -0.310 e. The number of carbonyl (C=O) groups excluding carboxylic acids is 1. The molecule has 0 atom stereocenters. The van der Waals surface area contributed by atoms with Gasteiger partial charge in [0.15, 0.2) is 0 Å². The molecule has 1 fully saturated rings. The van der Waals surface area contributed by atoms with Gasteiger partial charge in [0.05, 0.1) is 17.1 Å². The Labute approximate surface area is 154 Å². The summed E-state index contributed by atoms with van der Waals surface area (Å²) in [6.07, 6.45) is -0.946. The molecule has 1 aliphatic carbocycles. The lowest BCUT2D eigenvalue weighted by Gasteiger charge is -2.21. The third-order valence-corrected chi connectivity index (χ3v) is 4.30. The van der Waals surface area contributed by atoms with E-state index in [9.17, 15) is 18.0 Å². The van der Waals surface area contributed by atoms with Crippen molar-refractivity contribution in [3.8, 4) is 0 Å². The molecule has 3 rings (SSSR count). The molecule has 0 radical (unpaired) electrons. The van der Waals surface area contributed by atoms with Crippen LogP contribution >= 0.6 is 11.6 Å². The monoisotopic (exact) mass is 383 g/mol. The first kappa shape index (κ1) is 18.7. The van der Waals surface area contributed by atoms with Crippen LogP contribution in [0.25, 0.3) is 0 Å². The summed E-state index contributed by atoms with van der Waals surface area (Å²) in [5.41, 5.74) is 0.0631. The van der Waals surface area contributed by atoms with Crippen LogP contribution in [0.2, 0.25) is 5.02 Å². The number of hydrogen-bond acceptors (Lipinski definition) is 3. The molecule has 1 aromatic heterocycles. The maximum Gasteiger partial charge on any atom is 0.416 e. The summed E-state index contributed by atoms with van der Waals surface area (Å²) in [4.78, 5) is 18.2. The quantitative estimate of drug-likeness (QED) is 0.806. The summed E-state index contributed by atoms with van der Waals surface area (Å²) >= 11 is 5.76. The molecular formula is C18H17ClF3N3O. The average molecular weight is 384 g/mol. The van der Waals surface area contributed by atoms with Crippen LogP contribution < -0.4 is 5.32 Å². The number of carbonyl (C=O) groups is 1. The van der Waals surface area contributed by atoms with Gasteiger partial charge in [-0.1, -0.05) is 23.7 Å². The van der Waals surface area contributed by atoms with Gasteiger partial charge >= 0.3 is 6.18 Å². The third-order valence-electron chi connectivity index (χ3n) is 4.07. The van der Waals surface area contributed by atoms with E-state index >= 15 is 0 Å². The topological polar surface area (TPSA) is 45.2 Å². The molecule has 26 heavy (non-hydrogen) atoms. The first-order valence-electron chi connectivity index (χ1n) is 8.13. The predicted molar refractivity (Wildman–Crippen MR) is 92.8 cm³/mol. The molecule has 4 nitrogen and oxygen atoms in total. The smallest absolute Gasteiger partial charge is 0.310 e. The molecule has 1 saturated carbocycles. The van der Waals surface area contributed by atoms with Gasteiger partial charge in [0.25, 0.3) is 0 Å². The predicted octanol–water partition coefficient (Wildman–Crippen LogP) is 4.36. The van der Waals surface area contributed by atoms with Gasteiger partial charge in [-0.3, -0.25) is 9.69 Å². The van der Waals surface area contributed by atoms with Gasteiger partial charge in [-0.15, -0.1) is 0 Å². The average Bonchev–Trinajstić information content (AvgIpc) is 3.41. The number of halogens is 4. The Morgan fingerprint density at radius 3 is 2.42 bits per heavy atom. The van der Waals surface area contributed by atoms with Crippen LogP contribution in [0.1, 0.15) is 24.0 Å². The third kappa shape index (κ3) is 5.19. The van der Waals surface area contributed by atoms with Gasteiger partial charge in [0, 0.05) is 18.8 Å². The van der Waals surface area contributed by atoms with Crippen LogP contribution in [0.4, 0.5) is 19.0 Å². The summed E-state index contributed by atoms with van der Waals surface area (Å²) < 4.78 is 37.9. The van der Waals surface area contributed by atoms with E-state index < -0.39 is 11.7 Å². The van der Waals surface area contributed by atoms with Gasteiger partial charge in [0.1, 0.15) is 5.82 Å². The number of hydrogen-bond donors (Lipinski definition) is 1. The highest BCUT2D eigenvalue weighted by Crippen LogP contribution is 2.31. The number of benzene rings is 1. The lowest BCUT2D eigenvalue weighted by Crippen LogP contribution is -2.34. The standard InChI is InChI=1S/C18H17ClF3N3O/c19-14-5-8-16(23-9-14)24-17(26)11-25(15-6-7-15)10-12-1-3-13(4-2-12)18(20,21)22/h1-5,8-9,15H,6-7,10-11H2,(H,23,24,26). The van der Waals surface area contributed by atoms with E-state index in [2.05, 4.69) is 10.3 Å². The number of nitrogens with one attached hydrogen (secondary N) is 1. The van der Waals surface area contributed by atoms with Crippen LogP contribution in [0.3, 0.4) is 0 Å². The molecule has 1 aliphatic rings. The molecule has 8 heteroatoms. The van der Waals surface area contributed by atoms with Crippen molar-refractivity contribution in [2.45, 2.75) is 31.6 Å². The van der Waals surface area contributed by atoms with Crippen LogP contribution in [0, 0.1) is 0 Å². The highest BCUT2D eigenvalue weighted by Gasteiger charge is 2.32. The van der Waals surface area contributed by atoms with Gasteiger partial charge < -0.3 is 5.32 Å². The van der Waals surface area contributed by atoms with Crippen molar-refractivity contribution in [2.24, 2.45) is 0 Å². The highest BCUT2D eigenvalue weighted by atomic mass is 35.5. The zero-order chi connectivity index (χ0) is 18.7. The molecule has 1 aromatic carbocycles. The lowest BCUT2D eigenvalue weighted by atomic mass is 10.1. The number of amides is 1. The molecule has 1 N–H and O–H groups in total. The van der Waals surface area contributed by atoms with Crippen molar-refractivity contribution in [1.29, 1.82) is 0 Å². The molecule has 2 aromatic rings. The molecule has 1 amide bonds. The summed E-state index contributed by atoms with van der Waals surface area (Å²) in [5, 5.41) is 3.17. The second kappa shape index (κ2) is 7.63. The molecule has 1 heterocycles. The molecular weight excluding hydrogens is 367 g/mol. The van der Waals surface area contributed by atoms with Gasteiger partial charge in [-0.2, -0.15) is 13.2 Å². The fourth-order valence-electron chi connectivity index (χ4n) is 2.60. The second-order valence-electron chi connectivity index (χ2n) is 6.24. The van der Waals surface area contributed by atoms with Gasteiger partial charge in [-0.05, 0) is 42.7 Å². The fraction of sp³-hybridized carbons (Fsp3) is 0.333. The van der Waals surface area contributed by atoms with Crippen molar-refractivity contribution in [3.63, 3.8) is 0 Å². The van der Waals surface area contributed by atoms with E-state index in [0.717, 1.165) is 30.5 Å². The largest absolute Gasteiger partial charge is 0.416 e. The molecule has 0 aliphatic heterocycles. The normalized spacial score (nSPS) is 14.5. The number of aromatic nitrogens is 1. The SMILES string of the molecule is O=C(CN(Cc1ccc(C(F)(F)F)cc1)C1CC1)Nc1ccc(Cl)cn1. The molecule has 0 spiro atoms. The summed E-state index contributed by atoms with van der Waals surface area (Å²) in [5.74, 6) is 0.184. The fourth-order valence-corrected chi connectivity index (χ4v) is 2.72. The molecule has 0 bridgehead atoms. The van der Waals surface area contributed by atoms with Crippen molar-refractivity contribution < 1.29 is 18.0 Å². The van der Waals surface area contributed by atoms with Gasteiger partial charge in [0.2, 0.25) is 5.91 Å². The van der Waals surface area contributed by atoms with Crippen molar-refractivity contribution in [2.75, 3.05) is 11.9 Å². The van der Waals surface area contributed by atoms with Crippen molar-refractivity contribution in [1.82, 2.24) is 9.88 Å². The van der Waals surface area contributed by atoms with E-state index in [1.807, 2.05) is 4.90 Å². The zero-order valence-electron chi connectivity index (χ0n) is 13.8. The summed E-state index contributed by atoms with van der Waals surface area (Å²) in [6.45, 7) is 0.570. The van der Waals surface area contributed by atoms with Crippen LogP contribution in [0.15, 0.2) is 42.6 Å². The van der Waals surface area contributed by atoms with E-state index in [-0.39, 0.29) is 18.5 Å². The Balaban J connectivity index is 1.60. The van der Waals surface area contributed by atoms with Crippen molar-refractivity contribution in [3.05, 3.63) is 58.7 Å². The van der Waals surface area contributed by atoms with Crippen molar-refractivity contribution >= 4 is 23.3 Å². The molecule has 138 valence electrons. The molecule has 0 unspecified atom stereocenters. The van der Waals surface area contributed by atoms with Crippen LogP contribution in [0.5, 0.6) is 0 Å². The minimum atomic E-state index is -4.35. The Morgan fingerprint density at radius 2 is 1.88 bits per heavy atom. The lowest BCUT2D eigenvalue weighted by molar-refractivity contribution is -0.137. The maximum absolute atomic E-state index is 12.6. The highest BCUT2D eigenvalue weighted by molar-refractivity contribution is 6.30. The molecule has 0 saturated heterocycles. The van der Waals surface area contributed by atoms with Crippen LogP contribution in [-0.4, -0.2) is 28.4 Å². The Hall–Kier alpha value is -2.12. The van der Waals surface area contributed by atoms with Gasteiger partial charge in [-0.25, -0.2) is 4.98 Å². The summed E-state index contributed by atoms with van der Waals surface area (Å²) in [7, 11) is 0.